The Balaban J connectivity index is 3.53. The van der Waals surface area contributed by atoms with Crippen molar-refractivity contribution >= 4 is 18.1 Å². The highest BCUT2D eigenvalue weighted by Crippen LogP contribution is 1.87. The standard InChI is InChI=1S/C5H6O6/c1-3(6)9-5(8)11-10-4(2)7/h1-2H3. The number of rotatable bonds is 0. The molecular formula is C5H6O6. The highest BCUT2D eigenvalue weighted by Gasteiger charge is 2.09. The van der Waals surface area contributed by atoms with Gasteiger partial charge in [0.15, 0.2) is 0 Å². The molecule has 0 radical (unpaired) electrons. The molecule has 6 nitrogen and oxygen atoms in total. The maximum Gasteiger partial charge on any atom is 0.557 e. The summed E-state index contributed by atoms with van der Waals surface area (Å²) in [5, 5.41) is 0. The molecule has 62 valence electrons. The second-order valence-corrected chi connectivity index (χ2v) is 1.50. The molecule has 0 bridgehead atoms. The number of ether oxygens (including phenoxy) is 1. The monoisotopic (exact) mass is 162 g/mol. The molecule has 0 heterocycles. The van der Waals surface area contributed by atoms with Crippen LogP contribution in [0.5, 0.6) is 0 Å². The van der Waals surface area contributed by atoms with Gasteiger partial charge in [0.25, 0.3) is 0 Å². The second-order valence-electron chi connectivity index (χ2n) is 1.50. The van der Waals surface area contributed by atoms with Crippen molar-refractivity contribution < 1.29 is 28.9 Å². The van der Waals surface area contributed by atoms with Crippen LogP contribution in [-0.2, 0) is 24.1 Å². The van der Waals surface area contributed by atoms with Crippen LogP contribution in [-0.4, -0.2) is 18.1 Å². The van der Waals surface area contributed by atoms with E-state index in [4.69, 9.17) is 0 Å². The summed E-state index contributed by atoms with van der Waals surface area (Å²) in [6.45, 7) is 2.04. The molecule has 0 aliphatic heterocycles. The molecule has 0 N–H and O–H groups in total. The van der Waals surface area contributed by atoms with Gasteiger partial charge in [0.05, 0.1) is 0 Å². The third kappa shape index (κ3) is 6.29. The second kappa shape index (κ2) is 4.26. The fourth-order valence-electron chi connectivity index (χ4n) is 0.227. The number of esters is 1. The maximum atomic E-state index is 10.2. The van der Waals surface area contributed by atoms with Crippen LogP contribution >= 0.6 is 0 Å². The van der Waals surface area contributed by atoms with Crippen molar-refractivity contribution in [2.24, 2.45) is 0 Å². The summed E-state index contributed by atoms with van der Waals surface area (Å²) in [4.78, 5) is 37.7. The summed E-state index contributed by atoms with van der Waals surface area (Å²) >= 11 is 0. The SMILES string of the molecule is CC(=O)OOC(=O)OC(C)=O. The molecular weight excluding hydrogens is 156 g/mol. The first-order valence-electron chi connectivity index (χ1n) is 2.60. The lowest BCUT2D eigenvalue weighted by molar-refractivity contribution is -0.240. The Morgan fingerprint density at radius 1 is 0.909 bits per heavy atom. The average molecular weight is 162 g/mol. The van der Waals surface area contributed by atoms with E-state index in [0.717, 1.165) is 13.8 Å². The Kier molecular flexibility index (Phi) is 3.65. The quantitative estimate of drug-likeness (QED) is 0.218. The molecule has 0 aliphatic rings. The minimum atomic E-state index is -1.37. The van der Waals surface area contributed by atoms with Gasteiger partial charge in [-0.15, -0.1) is 0 Å². The molecule has 6 heteroatoms. The third-order valence-electron chi connectivity index (χ3n) is 0.454. The summed E-state index contributed by atoms with van der Waals surface area (Å²) in [6, 6.07) is 0. The zero-order chi connectivity index (χ0) is 8.85. The summed E-state index contributed by atoms with van der Waals surface area (Å²) in [5.41, 5.74) is 0. The molecule has 0 fully saturated rings. The van der Waals surface area contributed by atoms with Crippen LogP contribution in [0.15, 0.2) is 0 Å². The molecule has 0 rings (SSSR count). The van der Waals surface area contributed by atoms with E-state index in [1.54, 1.807) is 0 Å². The Morgan fingerprint density at radius 2 is 1.45 bits per heavy atom. The molecule has 0 spiro atoms. The first-order valence-corrected chi connectivity index (χ1v) is 2.60. The van der Waals surface area contributed by atoms with E-state index in [1.165, 1.54) is 0 Å². The van der Waals surface area contributed by atoms with Crippen molar-refractivity contribution in [3.05, 3.63) is 0 Å². The minimum Gasteiger partial charge on any atom is -0.358 e. The first-order chi connectivity index (χ1) is 5.02. The van der Waals surface area contributed by atoms with E-state index in [9.17, 15) is 14.4 Å². The predicted octanol–water partition coefficient (Wildman–Crippen LogP) is 0.164. The number of hydrogen-bond donors (Lipinski definition) is 0. The average Bonchev–Trinajstić information content (AvgIpc) is 1.82. The molecule has 0 aliphatic carbocycles. The van der Waals surface area contributed by atoms with Crippen molar-refractivity contribution in [3.63, 3.8) is 0 Å². The van der Waals surface area contributed by atoms with Gasteiger partial charge in [0, 0.05) is 13.8 Å². The van der Waals surface area contributed by atoms with Crippen LogP contribution in [0.3, 0.4) is 0 Å². The van der Waals surface area contributed by atoms with Crippen LogP contribution in [0.4, 0.5) is 4.79 Å². The van der Waals surface area contributed by atoms with Crippen LogP contribution in [0, 0.1) is 0 Å². The number of carbonyl (C=O) groups is 3. The summed E-state index contributed by atoms with van der Waals surface area (Å²) < 4.78 is 3.82. The van der Waals surface area contributed by atoms with Crippen molar-refractivity contribution in [2.75, 3.05) is 0 Å². The molecule has 0 unspecified atom stereocenters. The predicted molar refractivity (Wildman–Crippen MR) is 30.0 cm³/mol. The topological polar surface area (TPSA) is 78.9 Å². The highest BCUT2D eigenvalue weighted by molar-refractivity contribution is 5.80. The molecule has 0 atom stereocenters. The number of carbonyl (C=O) groups excluding carboxylic acids is 3. The zero-order valence-electron chi connectivity index (χ0n) is 5.95. The van der Waals surface area contributed by atoms with Gasteiger partial charge in [-0.1, -0.05) is 0 Å². The van der Waals surface area contributed by atoms with Gasteiger partial charge in [-0.3, -0.25) is 4.79 Å². The van der Waals surface area contributed by atoms with E-state index in [0.29, 0.717) is 0 Å². The normalized spacial score (nSPS) is 8.18. The first kappa shape index (κ1) is 9.41. The Morgan fingerprint density at radius 3 is 1.82 bits per heavy atom. The Bertz CT molecular complexity index is 183. The fraction of sp³-hybridized carbons (Fsp3) is 0.400. The van der Waals surface area contributed by atoms with Gasteiger partial charge < -0.3 is 4.74 Å². The van der Waals surface area contributed by atoms with E-state index < -0.39 is 18.1 Å². The summed E-state index contributed by atoms with van der Waals surface area (Å²) in [6.07, 6.45) is -1.37. The van der Waals surface area contributed by atoms with Crippen LogP contribution in [0.1, 0.15) is 13.8 Å². The smallest absolute Gasteiger partial charge is 0.358 e. The lowest BCUT2D eigenvalue weighted by Gasteiger charge is -1.97. The lowest BCUT2D eigenvalue weighted by atomic mass is 10.8. The number of hydrogen-bond acceptors (Lipinski definition) is 6. The van der Waals surface area contributed by atoms with Crippen molar-refractivity contribution in [3.8, 4) is 0 Å². The van der Waals surface area contributed by atoms with Gasteiger partial charge in [-0.05, 0) is 0 Å². The van der Waals surface area contributed by atoms with Crippen molar-refractivity contribution in [1.29, 1.82) is 0 Å². The molecule has 0 aromatic rings. The van der Waals surface area contributed by atoms with Gasteiger partial charge in [-0.25, -0.2) is 14.6 Å². The molecule has 11 heavy (non-hydrogen) atoms. The summed E-state index contributed by atoms with van der Waals surface area (Å²) in [5.74, 6) is -1.66. The molecule has 0 amide bonds. The van der Waals surface area contributed by atoms with E-state index in [2.05, 4.69) is 14.5 Å². The van der Waals surface area contributed by atoms with Gasteiger partial charge >= 0.3 is 18.1 Å². The van der Waals surface area contributed by atoms with Crippen molar-refractivity contribution in [2.45, 2.75) is 13.8 Å². The van der Waals surface area contributed by atoms with Crippen LogP contribution in [0.2, 0.25) is 0 Å². The zero-order valence-corrected chi connectivity index (χ0v) is 5.95. The molecule has 0 aromatic heterocycles. The highest BCUT2D eigenvalue weighted by atomic mass is 17.2. The molecule has 0 saturated heterocycles. The van der Waals surface area contributed by atoms with Gasteiger partial charge in [0.2, 0.25) is 0 Å². The van der Waals surface area contributed by atoms with E-state index in [-0.39, 0.29) is 0 Å². The van der Waals surface area contributed by atoms with E-state index in [1.807, 2.05) is 0 Å². The summed E-state index contributed by atoms with van der Waals surface area (Å²) in [7, 11) is 0. The third-order valence-corrected chi connectivity index (χ3v) is 0.454. The maximum absolute atomic E-state index is 10.2. The van der Waals surface area contributed by atoms with Crippen LogP contribution in [0.25, 0.3) is 0 Å². The molecule has 0 aromatic carbocycles. The minimum absolute atomic E-state index is 0.814. The lowest BCUT2D eigenvalue weighted by Crippen LogP contribution is -2.13. The van der Waals surface area contributed by atoms with Gasteiger partial charge in [0.1, 0.15) is 0 Å². The fourth-order valence-corrected chi connectivity index (χ4v) is 0.227. The van der Waals surface area contributed by atoms with Gasteiger partial charge in [-0.2, -0.15) is 4.79 Å². The van der Waals surface area contributed by atoms with E-state index >= 15 is 0 Å². The molecule has 0 saturated carbocycles. The van der Waals surface area contributed by atoms with Crippen molar-refractivity contribution in [1.82, 2.24) is 0 Å². The van der Waals surface area contributed by atoms with Crippen LogP contribution < -0.4 is 0 Å². The Hall–Kier alpha value is -1.59. The Labute approximate surface area is 62.0 Å². The largest absolute Gasteiger partial charge is 0.557 e.